The predicted molar refractivity (Wildman–Crippen MR) is 157 cm³/mol. The van der Waals surface area contributed by atoms with Crippen LogP contribution in [-0.4, -0.2) is 98.1 Å². The first-order valence-electron chi connectivity index (χ1n) is 13.1. The Labute approximate surface area is 246 Å². The number of nitrogens with one attached hydrogen (secondary N) is 2. The van der Waals surface area contributed by atoms with Gasteiger partial charge in [0, 0.05) is 19.3 Å². The van der Waals surface area contributed by atoms with Crippen molar-refractivity contribution in [2.45, 2.75) is 49.8 Å². The Hall–Kier alpha value is -3.53. The van der Waals surface area contributed by atoms with E-state index in [0.717, 1.165) is 16.8 Å². The standard InChI is InChI=1S/C27H38N4O9S2/c1-19(2)17-31(42(39,40)22-11-9-21(10-12-22)16-28-36)18-25(32)24(15-20-7-5-4-6-8-20)29-26(33)23(30-27(34)35)13-14-41(3,37)38/h4-12,16,19,23-25,30,32,36H,13-15,17-18H2,1-3H3,(H,29,33)(H,34,35)/t23-,24-,25+/m0/s1. The highest BCUT2D eigenvalue weighted by molar-refractivity contribution is 7.90. The molecule has 0 heterocycles. The molecule has 2 amide bonds. The number of benzene rings is 2. The van der Waals surface area contributed by atoms with Crippen molar-refractivity contribution in [1.29, 1.82) is 0 Å². The van der Waals surface area contributed by atoms with Crippen LogP contribution in [-0.2, 0) is 31.1 Å². The van der Waals surface area contributed by atoms with Gasteiger partial charge < -0.3 is 26.1 Å². The zero-order chi connectivity index (χ0) is 31.5. The van der Waals surface area contributed by atoms with E-state index in [1.807, 2.05) is 19.2 Å². The van der Waals surface area contributed by atoms with Crippen LogP contribution in [0.15, 0.2) is 64.6 Å². The molecule has 0 aliphatic carbocycles. The number of hydrogen-bond donors (Lipinski definition) is 5. The lowest BCUT2D eigenvalue weighted by Gasteiger charge is -2.31. The Bertz CT molecular complexity index is 1420. The third-order valence-corrected chi connectivity index (χ3v) is 8.99. The minimum absolute atomic E-state index is 0.0444. The van der Waals surface area contributed by atoms with E-state index in [0.29, 0.717) is 11.1 Å². The molecule has 0 bridgehead atoms. The number of amides is 2. The molecule has 0 radical (unpaired) electrons. The largest absolute Gasteiger partial charge is 0.465 e. The van der Waals surface area contributed by atoms with Crippen LogP contribution in [0.25, 0.3) is 0 Å². The maximum absolute atomic E-state index is 13.6. The highest BCUT2D eigenvalue weighted by Gasteiger charge is 2.33. The van der Waals surface area contributed by atoms with Gasteiger partial charge in [0.25, 0.3) is 0 Å². The number of nitrogens with zero attached hydrogens (tertiary/aromatic N) is 2. The van der Waals surface area contributed by atoms with Crippen LogP contribution < -0.4 is 10.6 Å². The van der Waals surface area contributed by atoms with Crippen molar-refractivity contribution in [2.24, 2.45) is 11.1 Å². The van der Waals surface area contributed by atoms with Gasteiger partial charge in [0.15, 0.2) is 0 Å². The summed E-state index contributed by atoms with van der Waals surface area (Å²) >= 11 is 0. The van der Waals surface area contributed by atoms with Crippen molar-refractivity contribution in [2.75, 3.05) is 25.1 Å². The summed E-state index contributed by atoms with van der Waals surface area (Å²) in [5.41, 5.74) is 1.18. The van der Waals surface area contributed by atoms with E-state index in [4.69, 9.17) is 5.21 Å². The molecule has 0 aromatic heterocycles. The SMILES string of the molecule is CC(C)CN(C[C@@H](O)[C@H](Cc1ccccc1)NC(=O)[C@H](CCS(C)(=O)=O)NC(=O)O)S(=O)(=O)c1ccc(C=NO)cc1. The third-order valence-electron chi connectivity index (χ3n) is 6.17. The lowest BCUT2D eigenvalue weighted by molar-refractivity contribution is -0.124. The van der Waals surface area contributed by atoms with Gasteiger partial charge in [0.2, 0.25) is 15.9 Å². The molecule has 5 N–H and O–H groups in total. The van der Waals surface area contributed by atoms with Crippen LogP contribution in [0.1, 0.15) is 31.4 Å². The van der Waals surface area contributed by atoms with E-state index < -0.39 is 62.3 Å². The summed E-state index contributed by atoms with van der Waals surface area (Å²) in [6, 6.07) is 11.9. The van der Waals surface area contributed by atoms with Crippen molar-refractivity contribution in [3.8, 4) is 0 Å². The fraction of sp³-hybridized carbons (Fsp3) is 0.444. The number of rotatable bonds is 16. The number of oxime groups is 1. The highest BCUT2D eigenvalue weighted by Crippen LogP contribution is 2.20. The lowest BCUT2D eigenvalue weighted by atomic mass is 10.00. The Balaban J connectivity index is 2.39. The molecular formula is C27H38N4O9S2. The molecule has 0 aliphatic rings. The summed E-state index contributed by atoms with van der Waals surface area (Å²) in [7, 11) is -7.63. The second kappa shape index (κ2) is 15.6. The van der Waals surface area contributed by atoms with E-state index >= 15 is 0 Å². The Kier molecular flexibility index (Phi) is 12.9. The molecule has 0 saturated heterocycles. The van der Waals surface area contributed by atoms with Gasteiger partial charge in [-0.05, 0) is 42.0 Å². The first kappa shape index (κ1) is 34.7. The Morgan fingerprint density at radius 1 is 0.976 bits per heavy atom. The summed E-state index contributed by atoms with van der Waals surface area (Å²) < 4.78 is 51.6. The van der Waals surface area contributed by atoms with Gasteiger partial charge in [-0.2, -0.15) is 4.31 Å². The van der Waals surface area contributed by atoms with Gasteiger partial charge >= 0.3 is 6.09 Å². The molecule has 15 heteroatoms. The normalized spacial score (nSPS) is 14.5. The summed E-state index contributed by atoms with van der Waals surface area (Å²) in [5, 5.41) is 36.8. The number of sulfonamides is 1. The van der Waals surface area contributed by atoms with Crippen molar-refractivity contribution < 1.29 is 41.8 Å². The van der Waals surface area contributed by atoms with E-state index in [1.54, 1.807) is 30.3 Å². The molecule has 2 rings (SSSR count). The second-order valence-corrected chi connectivity index (χ2v) is 14.5. The van der Waals surface area contributed by atoms with E-state index in [9.17, 15) is 36.6 Å². The predicted octanol–water partition coefficient (Wildman–Crippen LogP) is 1.30. The number of aliphatic hydroxyl groups is 1. The quantitative estimate of drug-likeness (QED) is 0.103. The minimum Gasteiger partial charge on any atom is -0.465 e. The molecule has 232 valence electrons. The molecule has 0 aliphatic heterocycles. The van der Waals surface area contributed by atoms with Crippen molar-refractivity contribution >= 4 is 38.1 Å². The molecular weight excluding hydrogens is 588 g/mol. The number of aliphatic hydroxyl groups excluding tert-OH is 1. The van der Waals surface area contributed by atoms with Crippen LogP contribution in [0.4, 0.5) is 4.79 Å². The summed E-state index contributed by atoms with van der Waals surface area (Å²) in [6.07, 6.45) is -1.13. The van der Waals surface area contributed by atoms with Crippen LogP contribution in [0.3, 0.4) is 0 Å². The van der Waals surface area contributed by atoms with E-state index in [2.05, 4.69) is 10.5 Å². The first-order valence-corrected chi connectivity index (χ1v) is 16.6. The van der Waals surface area contributed by atoms with Crippen molar-refractivity contribution in [1.82, 2.24) is 14.9 Å². The molecule has 42 heavy (non-hydrogen) atoms. The van der Waals surface area contributed by atoms with Gasteiger partial charge in [-0.25, -0.2) is 21.6 Å². The first-order chi connectivity index (χ1) is 19.6. The van der Waals surface area contributed by atoms with Crippen molar-refractivity contribution in [3.05, 3.63) is 65.7 Å². The zero-order valence-corrected chi connectivity index (χ0v) is 25.3. The van der Waals surface area contributed by atoms with Gasteiger partial charge in [0.1, 0.15) is 15.9 Å². The Morgan fingerprint density at radius 3 is 2.12 bits per heavy atom. The number of hydrogen-bond acceptors (Lipinski definition) is 9. The monoisotopic (exact) mass is 626 g/mol. The molecule has 0 saturated carbocycles. The van der Waals surface area contributed by atoms with Gasteiger partial charge in [0.05, 0.1) is 29.0 Å². The number of carbonyl (C=O) groups is 2. The highest BCUT2D eigenvalue weighted by atomic mass is 32.2. The molecule has 0 spiro atoms. The van der Waals surface area contributed by atoms with E-state index in [1.165, 1.54) is 24.3 Å². The molecule has 0 fully saturated rings. The van der Waals surface area contributed by atoms with E-state index in [-0.39, 0.29) is 30.2 Å². The average molecular weight is 627 g/mol. The molecule has 3 atom stereocenters. The maximum atomic E-state index is 13.6. The summed E-state index contributed by atoms with van der Waals surface area (Å²) in [4.78, 5) is 24.4. The summed E-state index contributed by atoms with van der Waals surface area (Å²) in [5.74, 6) is -1.45. The molecule has 2 aromatic rings. The number of carboxylic acid groups (broad SMARTS) is 1. The van der Waals surface area contributed by atoms with Crippen LogP contribution in [0, 0.1) is 5.92 Å². The number of sulfone groups is 1. The minimum atomic E-state index is -4.12. The molecule has 0 unspecified atom stereocenters. The smallest absolute Gasteiger partial charge is 0.405 e. The van der Waals surface area contributed by atoms with Crippen LogP contribution in [0.2, 0.25) is 0 Å². The lowest BCUT2D eigenvalue weighted by Crippen LogP contribution is -2.55. The Morgan fingerprint density at radius 2 is 1.60 bits per heavy atom. The van der Waals surface area contributed by atoms with Gasteiger partial charge in [-0.1, -0.05) is 61.5 Å². The van der Waals surface area contributed by atoms with Crippen LogP contribution in [0.5, 0.6) is 0 Å². The average Bonchev–Trinajstić information content (AvgIpc) is 2.90. The van der Waals surface area contributed by atoms with Crippen molar-refractivity contribution in [3.63, 3.8) is 0 Å². The zero-order valence-electron chi connectivity index (χ0n) is 23.6. The second-order valence-electron chi connectivity index (χ2n) is 10.3. The van der Waals surface area contributed by atoms with Gasteiger partial charge in [-0.15, -0.1) is 0 Å². The molecule has 2 aromatic carbocycles. The maximum Gasteiger partial charge on any atom is 0.405 e. The fourth-order valence-electron chi connectivity index (χ4n) is 4.14. The summed E-state index contributed by atoms with van der Waals surface area (Å²) in [6.45, 7) is 3.26. The fourth-order valence-corrected chi connectivity index (χ4v) is 6.43. The third kappa shape index (κ3) is 11.4. The topological polar surface area (TPSA) is 203 Å². The number of carbonyl (C=O) groups excluding carboxylic acids is 1. The van der Waals surface area contributed by atoms with Gasteiger partial charge in [-0.3, -0.25) is 4.79 Å². The molecule has 13 nitrogen and oxygen atoms in total. The van der Waals surface area contributed by atoms with Crippen LogP contribution >= 0.6 is 0 Å².